The molecule has 4 nitrogen and oxygen atoms in total. The van der Waals surface area contributed by atoms with Crippen molar-refractivity contribution in [3.05, 3.63) is 58.6 Å². The van der Waals surface area contributed by atoms with Crippen molar-refractivity contribution in [2.75, 3.05) is 19.8 Å². The molecule has 0 spiro atoms. The third-order valence-electron chi connectivity index (χ3n) is 3.21. The van der Waals surface area contributed by atoms with Gasteiger partial charge in [0.25, 0.3) is 5.91 Å². The maximum Gasteiger partial charge on any atom is 0.258 e. The summed E-state index contributed by atoms with van der Waals surface area (Å²) < 4.78 is 11.0. The lowest BCUT2D eigenvalue weighted by molar-refractivity contribution is -0.123. The summed E-state index contributed by atoms with van der Waals surface area (Å²) in [5.41, 5.74) is 2.08. The van der Waals surface area contributed by atoms with E-state index in [0.717, 1.165) is 11.3 Å². The molecule has 0 saturated carbocycles. The number of hydrogen-bond acceptors (Lipinski definition) is 3. The molecule has 23 heavy (non-hydrogen) atoms. The van der Waals surface area contributed by atoms with Crippen molar-refractivity contribution in [1.29, 1.82) is 0 Å². The van der Waals surface area contributed by atoms with E-state index in [0.29, 0.717) is 23.9 Å². The topological polar surface area (TPSA) is 47.6 Å². The number of amides is 1. The second-order valence-electron chi connectivity index (χ2n) is 5.21. The van der Waals surface area contributed by atoms with Gasteiger partial charge < -0.3 is 14.8 Å². The van der Waals surface area contributed by atoms with E-state index in [1.54, 1.807) is 18.2 Å². The maximum absolute atomic E-state index is 11.7. The van der Waals surface area contributed by atoms with E-state index in [1.807, 2.05) is 38.1 Å². The highest BCUT2D eigenvalue weighted by atomic mass is 35.5. The standard InChI is InChI=1S/C18H20ClNO3/c1-13-3-6-16(7-4-13)22-10-9-20-18(21)12-23-17-8-5-15(19)11-14(17)2/h3-8,11H,9-10,12H2,1-2H3,(H,20,21). The zero-order valence-corrected chi connectivity index (χ0v) is 14.0. The van der Waals surface area contributed by atoms with Gasteiger partial charge in [-0.25, -0.2) is 0 Å². The Kier molecular flexibility index (Phi) is 6.29. The first kappa shape index (κ1) is 17.2. The summed E-state index contributed by atoms with van der Waals surface area (Å²) in [6.07, 6.45) is 0. The predicted molar refractivity (Wildman–Crippen MR) is 91.4 cm³/mol. The Bertz CT molecular complexity index is 656. The van der Waals surface area contributed by atoms with Crippen molar-refractivity contribution >= 4 is 17.5 Å². The number of hydrogen-bond donors (Lipinski definition) is 1. The van der Waals surface area contributed by atoms with Crippen LogP contribution in [0.25, 0.3) is 0 Å². The van der Waals surface area contributed by atoms with Gasteiger partial charge in [0, 0.05) is 5.02 Å². The Morgan fingerprint density at radius 1 is 1.09 bits per heavy atom. The summed E-state index contributed by atoms with van der Waals surface area (Å²) in [5.74, 6) is 1.25. The van der Waals surface area contributed by atoms with E-state index in [4.69, 9.17) is 21.1 Å². The first-order valence-corrected chi connectivity index (χ1v) is 7.77. The molecule has 2 aromatic rings. The van der Waals surface area contributed by atoms with Crippen molar-refractivity contribution < 1.29 is 14.3 Å². The zero-order chi connectivity index (χ0) is 16.7. The van der Waals surface area contributed by atoms with Gasteiger partial charge in [-0.1, -0.05) is 29.3 Å². The summed E-state index contributed by atoms with van der Waals surface area (Å²) >= 11 is 5.87. The Labute approximate surface area is 141 Å². The van der Waals surface area contributed by atoms with Gasteiger partial charge in [-0.3, -0.25) is 4.79 Å². The number of aryl methyl sites for hydroxylation is 2. The van der Waals surface area contributed by atoms with E-state index < -0.39 is 0 Å². The molecular formula is C18H20ClNO3. The summed E-state index contributed by atoms with van der Waals surface area (Å²) in [4.78, 5) is 11.7. The lowest BCUT2D eigenvalue weighted by Crippen LogP contribution is -2.32. The molecule has 1 amide bonds. The summed E-state index contributed by atoms with van der Waals surface area (Å²) in [6.45, 7) is 4.71. The van der Waals surface area contributed by atoms with Crippen molar-refractivity contribution in [3.8, 4) is 11.5 Å². The molecule has 0 aliphatic carbocycles. The molecule has 0 radical (unpaired) electrons. The molecule has 0 heterocycles. The predicted octanol–water partition coefficient (Wildman–Crippen LogP) is 3.53. The van der Waals surface area contributed by atoms with E-state index in [1.165, 1.54) is 5.56 Å². The molecule has 0 bridgehead atoms. The number of benzene rings is 2. The van der Waals surface area contributed by atoms with Crippen LogP contribution in [0.4, 0.5) is 0 Å². The minimum Gasteiger partial charge on any atom is -0.492 e. The summed E-state index contributed by atoms with van der Waals surface area (Å²) in [5, 5.41) is 3.40. The van der Waals surface area contributed by atoms with Gasteiger partial charge in [-0.2, -0.15) is 0 Å². The van der Waals surface area contributed by atoms with Crippen LogP contribution >= 0.6 is 11.6 Å². The molecule has 0 atom stereocenters. The van der Waals surface area contributed by atoms with Crippen LogP contribution in [0, 0.1) is 13.8 Å². The molecule has 1 N–H and O–H groups in total. The third-order valence-corrected chi connectivity index (χ3v) is 3.44. The number of carbonyl (C=O) groups is 1. The molecule has 0 aromatic heterocycles. The first-order valence-electron chi connectivity index (χ1n) is 7.40. The fourth-order valence-corrected chi connectivity index (χ4v) is 2.19. The molecule has 0 unspecified atom stereocenters. The van der Waals surface area contributed by atoms with Gasteiger partial charge in [-0.05, 0) is 49.7 Å². The Hall–Kier alpha value is -2.20. The van der Waals surface area contributed by atoms with Gasteiger partial charge in [0.1, 0.15) is 18.1 Å². The van der Waals surface area contributed by atoms with Gasteiger partial charge in [-0.15, -0.1) is 0 Å². The number of ether oxygens (including phenoxy) is 2. The highest BCUT2D eigenvalue weighted by Crippen LogP contribution is 2.21. The Morgan fingerprint density at radius 3 is 2.52 bits per heavy atom. The van der Waals surface area contributed by atoms with Gasteiger partial charge in [0.15, 0.2) is 6.61 Å². The van der Waals surface area contributed by atoms with Crippen molar-refractivity contribution in [3.63, 3.8) is 0 Å². The van der Waals surface area contributed by atoms with Crippen LogP contribution in [0.1, 0.15) is 11.1 Å². The van der Waals surface area contributed by atoms with Crippen molar-refractivity contribution in [2.45, 2.75) is 13.8 Å². The fraction of sp³-hybridized carbons (Fsp3) is 0.278. The van der Waals surface area contributed by atoms with E-state index >= 15 is 0 Å². The molecule has 0 aliphatic rings. The Balaban J connectivity index is 1.66. The smallest absolute Gasteiger partial charge is 0.258 e. The van der Waals surface area contributed by atoms with Crippen LogP contribution in [0.15, 0.2) is 42.5 Å². The number of halogens is 1. The van der Waals surface area contributed by atoms with Crippen LogP contribution in [-0.2, 0) is 4.79 Å². The highest BCUT2D eigenvalue weighted by molar-refractivity contribution is 6.30. The second kappa shape index (κ2) is 8.44. The van der Waals surface area contributed by atoms with E-state index in [-0.39, 0.29) is 12.5 Å². The minimum atomic E-state index is -0.188. The van der Waals surface area contributed by atoms with E-state index in [9.17, 15) is 4.79 Å². The molecule has 2 rings (SSSR count). The average Bonchev–Trinajstić information content (AvgIpc) is 2.52. The average molecular weight is 334 g/mol. The van der Waals surface area contributed by atoms with Gasteiger partial charge in [0.2, 0.25) is 0 Å². The fourth-order valence-electron chi connectivity index (χ4n) is 1.96. The molecular weight excluding hydrogens is 314 g/mol. The minimum absolute atomic E-state index is 0.0347. The largest absolute Gasteiger partial charge is 0.492 e. The molecule has 2 aromatic carbocycles. The monoisotopic (exact) mass is 333 g/mol. The number of carbonyl (C=O) groups excluding carboxylic acids is 1. The van der Waals surface area contributed by atoms with E-state index in [2.05, 4.69) is 5.32 Å². The third kappa shape index (κ3) is 5.83. The highest BCUT2D eigenvalue weighted by Gasteiger charge is 2.05. The molecule has 5 heteroatoms. The summed E-state index contributed by atoms with van der Waals surface area (Å²) in [6, 6.07) is 13.1. The second-order valence-corrected chi connectivity index (χ2v) is 5.65. The number of rotatable bonds is 7. The van der Waals surface area contributed by atoms with Crippen LogP contribution in [0.3, 0.4) is 0 Å². The van der Waals surface area contributed by atoms with Crippen molar-refractivity contribution in [2.24, 2.45) is 0 Å². The van der Waals surface area contributed by atoms with Gasteiger partial charge in [0.05, 0.1) is 6.54 Å². The zero-order valence-electron chi connectivity index (χ0n) is 13.3. The van der Waals surface area contributed by atoms with Crippen LogP contribution in [0.5, 0.6) is 11.5 Å². The molecule has 122 valence electrons. The van der Waals surface area contributed by atoms with Crippen LogP contribution < -0.4 is 14.8 Å². The SMILES string of the molecule is Cc1ccc(OCCNC(=O)COc2ccc(Cl)cc2C)cc1. The van der Waals surface area contributed by atoms with Crippen molar-refractivity contribution in [1.82, 2.24) is 5.32 Å². The van der Waals surface area contributed by atoms with Crippen LogP contribution in [0.2, 0.25) is 5.02 Å². The molecule has 0 aliphatic heterocycles. The van der Waals surface area contributed by atoms with Gasteiger partial charge >= 0.3 is 0 Å². The summed E-state index contributed by atoms with van der Waals surface area (Å²) in [7, 11) is 0. The number of nitrogens with one attached hydrogen (secondary N) is 1. The molecule has 0 saturated heterocycles. The Morgan fingerprint density at radius 2 is 1.83 bits per heavy atom. The first-order chi connectivity index (χ1) is 11.0. The normalized spacial score (nSPS) is 10.2. The van der Waals surface area contributed by atoms with Crippen LogP contribution in [-0.4, -0.2) is 25.7 Å². The molecule has 0 fully saturated rings. The maximum atomic E-state index is 11.7. The quantitative estimate of drug-likeness (QED) is 0.788. The lowest BCUT2D eigenvalue weighted by Gasteiger charge is -2.10. The lowest BCUT2D eigenvalue weighted by atomic mass is 10.2.